The lowest BCUT2D eigenvalue weighted by Gasteiger charge is -2.33. The number of aromatic nitrogens is 2. The standard InChI is InChI=1S/C20H31N5O2/c1-23-13-15(10-19(23)26)20(27)21-12-16-11-18-14-24(8-5-9-25(18)22-16)17-6-3-2-4-7-17/h11,15,17H,2-10,12-14H2,1H3,(H,21,27)/t15-/m0/s1. The second kappa shape index (κ2) is 8.00. The van der Waals surface area contributed by atoms with Gasteiger partial charge in [0.1, 0.15) is 0 Å². The largest absolute Gasteiger partial charge is 0.350 e. The van der Waals surface area contributed by atoms with Crippen molar-refractivity contribution in [2.24, 2.45) is 5.92 Å². The number of likely N-dealkylation sites (tertiary alicyclic amines) is 1. The van der Waals surface area contributed by atoms with E-state index in [0.29, 0.717) is 19.5 Å². The molecular weight excluding hydrogens is 342 g/mol. The van der Waals surface area contributed by atoms with Gasteiger partial charge in [-0.25, -0.2) is 0 Å². The molecule has 2 fully saturated rings. The van der Waals surface area contributed by atoms with Gasteiger partial charge in [0.2, 0.25) is 11.8 Å². The highest BCUT2D eigenvalue weighted by molar-refractivity contribution is 5.89. The minimum absolute atomic E-state index is 0.0419. The van der Waals surface area contributed by atoms with Crippen LogP contribution < -0.4 is 5.32 Å². The van der Waals surface area contributed by atoms with Gasteiger partial charge in [-0.2, -0.15) is 5.10 Å². The molecule has 148 valence electrons. The van der Waals surface area contributed by atoms with Crippen LogP contribution in [0.5, 0.6) is 0 Å². The molecule has 2 aliphatic heterocycles. The molecule has 4 rings (SSSR count). The summed E-state index contributed by atoms with van der Waals surface area (Å²) in [5, 5.41) is 7.69. The average molecular weight is 374 g/mol. The van der Waals surface area contributed by atoms with Gasteiger partial charge in [-0.05, 0) is 25.3 Å². The molecule has 2 amide bonds. The van der Waals surface area contributed by atoms with Crippen molar-refractivity contribution < 1.29 is 9.59 Å². The number of hydrogen-bond donors (Lipinski definition) is 1. The molecule has 1 saturated heterocycles. The Hall–Kier alpha value is -1.89. The Bertz CT molecular complexity index is 695. The lowest BCUT2D eigenvalue weighted by atomic mass is 9.94. The van der Waals surface area contributed by atoms with E-state index in [2.05, 4.69) is 21.0 Å². The van der Waals surface area contributed by atoms with E-state index in [0.717, 1.165) is 37.8 Å². The van der Waals surface area contributed by atoms with Crippen molar-refractivity contribution in [3.05, 3.63) is 17.5 Å². The van der Waals surface area contributed by atoms with Gasteiger partial charge in [0.05, 0.1) is 23.9 Å². The molecule has 7 heteroatoms. The molecule has 3 heterocycles. The summed E-state index contributed by atoms with van der Waals surface area (Å²) in [6.07, 6.45) is 8.20. The van der Waals surface area contributed by atoms with Crippen LogP contribution in [0.2, 0.25) is 0 Å². The first-order valence-corrected chi connectivity index (χ1v) is 10.4. The molecule has 0 aromatic carbocycles. The third kappa shape index (κ3) is 4.18. The van der Waals surface area contributed by atoms with E-state index in [-0.39, 0.29) is 17.7 Å². The third-order valence-electron chi connectivity index (χ3n) is 6.34. The van der Waals surface area contributed by atoms with Crippen molar-refractivity contribution in [1.29, 1.82) is 0 Å². The van der Waals surface area contributed by atoms with Gasteiger partial charge in [0.25, 0.3) is 0 Å². The summed E-state index contributed by atoms with van der Waals surface area (Å²) in [6, 6.07) is 2.87. The summed E-state index contributed by atoms with van der Waals surface area (Å²) in [4.78, 5) is 28.2. The molecule has 1 saturated carbocycles. The van der Waals surface area contributed by atoms with Crippen LogP contribution in [0.3, 0.4) is 0 Å². The van der Waals surface area contributed by atoms with Gasteiger partial charge in [0.15, 0.2) is 0 Å². The van der Waals surface area contributed by atoms with Gasteiger partial charge in [0, 0.05) is 45.7 Å². The number of carbonyl (C=O) groups excluding carboxylic acids is 2. The predicted molar refractivity (Wildman–Crippen MR) is 102 cm³/mol. The van der Waals surface area contributed by atoms with Gasteiger partial charge < -0.3 is 10.2 Å². The number of nitrogens with one attached hydrogen (secondary N) is 1. The Morgan fingerprint density at radius 3 is 2.78 bits per heavy atom. The molecule has 1 aromatic rings. The fourth-order valence-electron chi connectivity index (χ4n) is 4.75. The van der Waals surface area contributed by atoms with Crippen molar-refractivity contribution in [2.45, 2.75) is 70.6 Å². The molecule has 3 aliphatic rings. The van der Waals surface area contributed by atoms with Crippen LogP contribution in [0.15, 0.2) is 6.07 Å². The first kappa shape index (κ1) is 18.5. The zero-order chi connectivity index (χ0) is 18.8. The summed E-state index contributed by atoms with van der Waals surface area (Å²) in [6.45, 7) is 4.03. The van der Waals surface area contributed by atoms with Crippen molar-refractivity contribution in [2.75, 3.05) is 20.1 Å². The Labute approximate surface area is 161 Å². The highest BCUT2D eigenvalue weighted by atomic mass is 16.2. The van der Waals surface area contributed by atoms with Crippen LogP contribution in [0.1, 0.15) is 56.3 Å². The van der Waals surface area contributed by atoms with Crippen LogP contribution in [0.4, 0.5) is 0 Å². The van der Waals surface area contributed by atoms with E-state index >= 15 is 0 Å². The first-order valence-electron chi connectivity index (χ1n) is 10.4. The zero-order valence-corrected chi connectivity index (χ0v) is 16.3. The van der Waals surface area contributed by atoms with Crippen molar-refractivity contribution >= 4 is 11.8 Å². The van der Waals surface area contributed by atoms with E-state index < -0.39 is 0 Å². The zero-order valence-electron chi connectivity index (χ0n) is 16.3. The maximum atomic E-state index is 12.3. The van der Waals surface area contributed by atoms with Gasteiger partial charge >= 0.3 is 0 Å². The summed E-state index contributed by atoms with van der Waals surface area (Å²) >= 11 is 0. The molecule has 0 radical (unpaired) electrons. The molecule has 0 unspecified atom stereocenters. The minimum atomic E-state index is -0.232. The highest BCUT2D eigenvalue weighted by Gasteiger charge is 2.32. The number of hydrogen-bond acceptors (Lipinski definition) is 4. The smallest absolute Gasteiger partial charge is 0.225 e. The van der Waals surface area contributed by atoms with E-state index in [1.165, 1.54) is 37.8 Å². The van der Waals surface area contributed by atoms with E-state index in [1.54, 1.807) is 11.9 Å². The molecule has 1 atom stereocenters. The van der Waals surface area contributed by atoms with E-state index in [1.807, 2.05) is 0 Å². The monoisotopic (exact) mass is 373 g/mol. The Morgan fingerprint density at radius 1 is 1.22 bits per heavy atom. The minimum Gasteiger partial charge on any atom is -0.350 e. The molecule has 0 bridgehead atoms. The Balaban J connectivity index is 1.34. The van der Waals surface area contributed by atoms with Gasteiger partial charge in [-0.1, -0.05) is 19.3 Å². The first-order chi connectivity index (χ1) is 13.1. The molecule has 1 aliphatic carbocycles. The van der Waals surface area contributed by atoms with Gasteiger partial charge in [-0.3, -0.25) is 19.2 Å². The van der Waals surface area contributed by atoms with Crippen LogP contribution in [-0.2, 0) is 29.2 Å². The number of nitrogens with zero attached hydrogens (tertiary/aromatic N) is 4. The Morgan fingerprint density at radius 2 is 2.04 bits per heavy atom. The number of aryl methyl sites for hydroxylation is 1. The molecule has 0 spiro atoms. The second-order valence-corrected chi connectivity index (χ2v) is 8.36. The summed E-state index contributed by atoms with van der Waals surface area (Å²) < 4.78 is 2.12. The molecule has 27 heavy (non-hydrogen) atoms. The van der Waals surface area contributed by atoms with Crippen LogP contribution in [-0.4, -0.2) is 57.6 Å². The van der Waals surface area contributed by atoms with E-state index in [4.69, 9.17) is 5.10 Å². The summed E-state index contributed by atoms with van der Waals surface area (Å²) in [5.41, 5.74) is 2.18. The molecule has 1 aromatic heterocycles. The van der Waals surface area contributed by atoms with Crippen molar-refractivity contribution in [1.82, 2.24) is 24.9 Å². The van der Waals surface area contributed by atoms with Crippen molar-refractivity contribution in [3.8, 4) is 0 Å². The fourth-order valence-corrected chi connectivity index (χ4v) is 4.75. The second-order valence-electron chi connectivity index (χ2n) is 8.36. The summed E-state index contributed by atoms with van der Waals surface area (Å²) in [7, 11) is 1.75. The highest BCUT2D eigenvalue weighted by Crippen LogP contribution is 2.26. The topological polar surface area (TPSA) is 70.5 Å². The van der Waals surface area contributed by atoms with Crippen LogP contribution in [0, 0.1) is 5.92 Å². The maximum Gasteiger partial charge on any atom is 0.225 e. The Kier molecular flexibility index (Phi) is 5.48. The molecular formula is C20H31N5O2. The molecule has 1 N–H and O–H groups in total. The number of carbonyl (C=O) groups is 2. The fraction of sp³-hybridized carbons (Fsp3) is 0.750. The predicted octanol–water partition coefficient (Wildman–Crippen LogP) is 1.52. The number of rotatable bonds is 4. The number of fused-ring (bicyclic) bond motifs is 1. The normalized spacial score (nSPS) is 24.7. The maximum absolute atomic E-state index is 12.3. The average Bonchev–Trinajstić information content (AvgIpc) is 3.16. The third-order valence-corrected chi connectivity index (χ3v) is 6.34. The quantitative estimate of drug-likeness (QED) is 0.869. The summed E-state index contributed by atoms with van der Waals surface area (Å²) in [5.74, 6) is -0.226. The SMILES string of the molecule is CN1C[C@@H](C(=O)NCc2cc3n(n2)CCCN(C2CCCCC2)C3)CC1=O. The molecule has 7 nitrogen and oxygen atoms in total. The van der Waals surface area contributed by atoms with Gasteiger partial charge in [-0.15, -0.1) is 0 Å². The van der Waals surface area contributed by atoms with E-state index in [9.17, 15) is 9.59 Å². The number of amides is 2. The van der Waals surface area contributed by atoms with Crippen LogP contribution in [0.25, 0.3) is 0 Å². The lowest BCUT2D eigenvalue weighted by Crippen LogP contribution is -2.36. The van der Waals surface area contributed by atoms with Crippen LogP contribution >= 0.6 is 0 Å². The lowest BCUT2D eigenvalue weighted by molar-refractivity contribution is -0.128. The van der Waals surface area contributed by atoms with Crippen molar-refractivity contribution in [3.63, 3.8) is 0 Å².